The van der Waals surface area contributed by atoms with Crippen molar-refractivity contribution >= 4 is 35.0 Å². The molecule has 0 bridgehead atoms. The van der Waals surface area contributed by atoms with Crippen LogP contribution in [-0.2, 0) is 11.8 Å². The molecule has 0 spiro atoms. The summed E-state index contributed by atoms with van der Waals surface area (Å²) in [6, 6.07) is 16.9. The molecule has 4 rings (SSSR count). The molecule has 1 aliphatic heterocycles. The van der Waals surface area contributed by atoms with Crippen LogP contribution in [0.1, 0.15) is 16.6 Å². The third-order valence-electron chi connectivity index (χ3n) is 4.80. The summed E-state index contributed by atoms with van der Waals surface area (Å²) in [5.41, 5.74) is 2.52. The van der Waals surface area contributed by atoms with Gasteiger partial charge in [-0.2, -0.15) is 0 Å². The molecule has 7 heteroatoms. The molecule has 1 aliphatic rings. The summed E-state index contributed by atoms with van der Waals surface area (Å²) in [5, 5.41) is 0.274. The van der Waals surface area contributed by atoms with E-state index in [2.05, 4.69) is 0 Å². The highest BCUT2D eigenvalue weighted by Crippen LogP contribution is 2.43. The summed E-state index contributed by atoms with van der Waals surface area (Å²) >= 11 is 7.86. The molecule has 1 aromatic heterocycles. The van der Waals surface area contributed by atoms with E-state index in [9.17, 15) is 9.59 Å². The number of hydrogen-bond acceptors (Lipinski definition) is 3. The Morgan fingerprint density at radius 2 is 1.70 bits per heavy atom. The first-order valence-corrected chi connectivity index (χ1v) is 9.95. The molecule has 3 aromatic rings. The number of carbonyl (C=O) groups excluding carboxylic acids is 1. The number of benzene rings is 2. The molecule has 2 aromatic carbocycles. The highest BCUT2D eigenvalue weighted by molar-refractivity contribution is 8.00. The monoisotopic (exact) mass is 399 g/mol. The Balaban J connectivity index is 1.89. The SMILES string of the molecule is Cc1c(N2C(=O)CS[C@@H]2c2ccccc2Cl)c(=O)n(-c2ccccc2)n1C. The third-order valence-corrected chi connectivity index (χ3v) is 6.34. The van der Waals surface area contributed by atoms with Gasteiger partial charge in [0, 0.05) is 17.6 Å². The number of halogens is 1. The maximum absolute atomic E-state index is 13.3. The minimum Gasteiger partial charge on any atom is -0.288 e. The quantitative estimate of drug-likeness (QED) is 0.670. The van der Waals surface area contributed by atoms with Gasteiger partial charge in [0.05, 0.1) is 17.1 Å². The van der Waals surface area contributed by atoms with Gasteiger partial charge in [-0.3, -0.25) is 19.2 Å². The Kier molecular flexibility index (Phi) is 4.61. The second-order valence-corrected chi connectivity index (χ2v) is 7.83. The number of rotatable bonds is 3. The van der Waals surface area contributed by atoms with Gasteiger partial charge >= 0.3 is 0 Å². The number of para-hydroxylation sites is 1. The maximum atomic E-state index is 13.3. The fourth-order valence-electron chi connectivity index (χ4n) is 3.40. The molecule has 0 saturated carbocycles. The van der Waals surface area contributed by atoms with Crippen LogP contribution in [0.4, 0.5) is 5.69 Å². The van der Waals surface area contributed by atoms with Crippen molar-refractivity contribution < 1.29 is 4.79 Å². The van der Waals surface area contributed by atoms with Crippen LogP contribution in [0.15, 0.2) is 59.4 Å². The summed E-state index contributed by atoms with van der Waals surface area (Å²) in [4.78, 5) is 27.6. The van der Waals surface area contributed by atoms with Gasteiger partial charge in [0.25, 0.3) is 5.56 Å². The minimum atomic E-state index is -0.316. The van der Waals surface area contributed by atoms with Crippen molar-refractivity contribution in [2.45, 2.75) is 12.3 Å². The molecule has 5 nitrogen and oxygen atoms in total. The normalized spacial score (nSPS) is 16.9. The number of nitrogens with zero attached hydrogens (tertiary/aromatic N) is 3. The fraction of sp³-hybridized carbons (Fsp3) is 0.200. The van der Waals surface area contributed by atoms with Crippen LogP contribution in [0.5, 0.6) is 0 Å². The van der Waals surface area contributed by atoms with Crippen LogP contribution in [-0.4, -0.2) is 21.0 Å². The van der Waals surface area contributed by atoms with E-state index in [4.69, 9.17) is 11.6 Å². The molecule has 138 valence electrons. The van der Waals surface area contributed by atoms with Crippen molar-refractivity contribution in [2.24, 2.45) is 7.05 Å². The predicted octanol–water partition coefficient (Wildman–Crippen LogP) is 3.92. The van der Waals surface area contributed by atoms with E-state index in [-0.39, 0.29) is 16.8 Å². The van der Waals surface area contributed by atoms with Crippen molar-refractivity contribution in [3.63, 3.8) is 0 Å². The van der Waals surface area contributed by atoms with Gasteiger partial charge in [0.1, 0.15) is 11.1 Å². The Morgan fingerprint density at radius 1 is 1.04 bits per heavy atom. The zero-order valence-corrected chi connectivity index (χ0v) is 16.5. The van der Waals surface area contributed by atoms with E-state index in [1.807, 2.05) is 62.5 Å². The molecule has 0 N–H and O–H groups in total. The molecule has 1 amide bonds. The molecule has 1 saturated heterocycles. The second kappa shape index (κ2) is 6.94. The average Bonchev–Trinajstić information content (AvgIpc) is 3.14. The standard InChI is InChI=1S/C20H18ClN3O2S/c1-13-18(19(26)24(22(13)2)14-8-4-3-5-9-14)23-17(25)12-27-20(23)15-10-6-7-11-16(15)21/h3-11,20H,12H2,1-2H3/t20-/m1/s1. The van der Waals surface area contributed by atoms with Crippen LogP contribution < -0.4 is 10.5 Å². The second-order valence-electron chi connectivity index (χ2n) is 6.36. The van der Waals surface area contributed by atoms with Crippen LogP contribution in [0.25, 0.3) is 5.69 Å². The van der Waals surface area contributed by atoms with E-state index in [1.54, 1.807) is 20.3 Å². The average molecular weight is 400 g/mol. The Hall–Kier alpha value is -2.44. The Labute approximate surface area is 166 Å². The van der Waals surface area contributed by atoms with Crippen LogP contribution in [0.2, 0.25) is 5.02 Å². The smallest absolute Gasteiger partial charge is 0.288 e. The highest BCUT2D eigenvalue weighted by atomic mass is 35.5. The van der Waals surface area contributed by atoms with Gasteiger partial charge in [0.15, 0.2) is 0 Å². The van der Waals surface area contributed by atoms with Crippen LogP contribution >= 0.6 is 23.4 Å². The number of carbonyl (C=O) groups is 1. The van der Waals surface area contributed by atoms with Gasteiger partial charge in [-0.1, -0.05) is 48.0 Å². The summed E-state index contributed by atoms with van der Waals surface area (Å²) in [6.45, 7) is 1.86. The fourth-order valence-corrected chi connectivity index (χ4v) is 4.90. The van der Waals surface area contributed by atoms with Crippen molar-refractivity contribution in [1.82, 2.24) is 9.36 Å². The molecular formula is C20H18ClN3O2S. The summed E-state index contributed by atoms with van der Waals surface area (Å²) in [6.07, 6.45) is 0. The third kappa shape index (κ3) is 2.89. The summed E-state index contributed by atoms with van der Waals surface area (Å²) in [5.74, 6) is 0.227. The van der Waals surface area contributed by atoms with Crippen molar-refractivity contribution in [3.05, 3.63) is 81.2 Å². The number of amides is 1. The lowest BCUT2D eigenvalue weighted by Gasteiger charge is -2.23. The molecule has 27 heavy (non-hydrogen) atoms. The van der Waals surface area contributed by atoms with Gasteiger partial charge in [-0.05, 0) is 25.1 Å². The molecule has 0 unspecified atom stereocenters. The van der Waals surface area contributed by atoms with Gasteiger partial charge < -0.3 is 0 Å². The zero-order valence-electron chi connectivity index (χ0n) is 14.9. The van der Waals surface area contributed by atoms with Crippen molar-refractivity contribution in [3.8, 4) is 5.69 Å². The van der Waals surface area contributed by atoms with Gasteiger partial charge in [-0.15, -0.1) is 11.8 Å². The largest absolute Gasteiger partial charge is 0.295 e. The van der Waals surface area contributed by atoms with E-state index < -0.39 is 0 Å². The number of hydrogen-bond donors (Lipinski definition) is 0. The van der Waals surface area contributed by atoms with Gasteiger partial charge in [0.2, 0.25) is 5.91 Å². The van der Waals surface area contributed by atoms with Gasteiger partial charge in [-0.25, -0.2) is 4.68 Å². The van der Waals surface area contributed by atoms with Crippen molar-refractivity contribution in [2.75, 3.05) is 10.7 Å². The molecule has 0 radical (unpaired) electrons. The first-order valence-electron chi connectivity index (χ1n) is 8.53. The van der Waals surface area contributed by atoms with E-state index >= 15 is 0 Å². The molecule has 1 atom stereocenters. The first kappa shape index (κ1) is 17.9. The van der Waals surface area contributed by atoms with E-state index in [0.717, 1.165) is 16.9 Å². The molecule has 1 fully saturated rings. The summed E-state index contributed by atoms with van der Waals surface area (Å²) < 4.78 is 3.37. The number of anilines is 1. The lowest BCUT2D eigenvalue weighted by Crippen LogP contribution is -2.33. The topological polar surface area (TPSA) is 47.2 Å². The first-order chi connectivity index (χ1) is 13.0. The lowest BCUT2D eigenvalue weighted by atomic mass is 10.2. The van der Waals surface area contributed by atoms with E-state index in [1.165, 1.54) is 11.8 Å². The Bertz CT molecular complexity index is 1070. The summed E-state index contributed by atoms with van der Waals surface area (Å²) in [7, 11) is 1.82. The van der Waals surface area contributed by atoms with Crippen molar-refractivity contribution in [1.29, 1.82) is 0 Å². The number of thioether (sulfide) groups is 1. The van der Waals surface area contributed by atoms with Crippen LogP contribution in [0, 0.1) is 6.92 Å². The Morgan fingerprint density at radius 3 is 2.41 bits per heavy atom. The molecule has 0 aliphatic carbocycles. The predicted molar refractivity (Wildman–Crippen MR) is 110 cm³/mol. The highest BCUT2D eigenvalue weighted by Gasteiger charge is 2.39. The molecular weight excluding hydrogens is 382 g/mol. The van der Waals surface area contributed by atoms with E-state index in [0.29, 0.717) is 16.5 Å². The zero-order chi connectivity index (χ0) is 19.1. The maximum Gasteiger partial charge on any atom is 0.295 e. The lowest BCUT2D eigenvalue weighted by molar-refractivity contribution is -0.115. The minimum absolute atomic E-state index is 0.0871. The number of aromatic nitrogens is 2. The molecule has 2 heterocycles. The van der Waals surface area contributed by atoms with Crippen LogP contribution in [0.3, 0.4) is 0 Å².